The second-order valence-electron chi connectivity index (χ2n) is 9.12. The molecule has 0 spiro atoms. The average Bonchev–Trinajstić information content (AvgIpc) is 3.47. The monoisotopic (exact) mass is 496 g/mol. The molecule has 2 aromatic heterocycles. The van der Waals surface area contributed by atoms with Crippen LogP contribution in [0, 0.1) is 11.8 Å². The van der Waals surface area contributed by atoms with E-state index in [0.29, 0.717) is 18.7 Å². The molecule has 0 unspecified atom stereocenters. The minimum absolute atomic E-state index is 0.0352. The summed E-state index contributed by atoms with van der Waals surface area (Å²) in [5.41, 5.74) is 2.93. The number of hydrogen-bond acceptors (Lipinski definition) is 6. The van der Waals surface area contributed by atoms with Crippen molar-refractivity contribution in [1.29, 1.82) is 0 Å². The molecular weight excluding hydrogens is 464 g/mol. The van der Waals surface area contributed by atoms with Crippen LogP contribution in [0.3, 0.4) is 0 Å². The highest BCUT2D eigenvalue weighted by Crippen LogP contribution is 2.33. The molecule has 0 radical (unpaired) electrons. The van der Waals surface area contributed by atoms with Crippen molar-refractivity contribution in [2.75, 3.05) is 18.6 Å². The van der Waals surface area contributed by atoms with Gasteiger partial charge in [0.15, 0.2) is 5.78 Å². The lowest BCUT2D eigenvalue weighted by Gasteiger charge is -2.26. The highest BCUT2D eigenvalue weighted by atomic mass is 32.1. The number of carbonyl (C=O) groups is 3. The Morgan fingerprint density at radius 1 is 1.14 bits per heavy atom. The van der Waals surface area contributed by atoms with Gasteiger partial charge in [-0.05, 0) is 73.7 Å². The van der Waals surface area contributed by atoms with Crippen molar-refractivity contribution in [2.45, 2.75) is 52.2 Å². The van der Waals surface area contributed by atoms with Crippen LogP contribution in [0.5, 0.6) is 0 Å². The minimum atomic E-state index is -0.160. The van der Waals surface area contributed by atoms with Crippen LogP contribution < -0.4 is 4.90 Å². The fraction of sp³-hybridized carbons (Fsp3) is 0.444. The summed E-state index contributed by atoms with van der Waals surface area (Å²) in [6.45, 7) is 2.37. The van der Waals surface area contributed by atoms with E-state index in [-0.39, 0.29) is 42.6 Å². The maximum absolute atomic E-state index is 13.4. The van der Waals surface area contributed by atoms with Crippen LogP contribution in [0.4, 0.5) is 5.69 Å². The lowest BCUT2D eigenvalue weighted by molar-refractivity contribution is -0.146. The van der Waals surface area contributed by atoms with Gasteiger partial charge in [0, 0.05) is 18.7 Å². The molecule has 7 nitrogen and oxygen atoms in total. The number of Topliss-reactive ketones (excluding diaryl/α,β-unsaturated/α-hetero) is 1. The molecule has 1 fully saturated rings. The maximum atomic E-state index is 13.4. The van der Waals surface area contributed by atoms with Crippen molar-refractivity contribution < 1.29 is 24.2 Å². The first-order chi connectivity index (χ1) is 16.9. The first-order valence-electron chi connectivity index (χ1n) is 12.1. The average molecular weight is 497 g/mol. The summed E-state index contributed by atoms with van der Waals surface area (Å²) < 4.78 is 7.70. The van der Waals surface area contributed by atoms with E-state index in [4.69, 9.17) is 4.74 Å². The fourth-order valence-corrected chi connectivity index (χ4v) is 5.88. The van der Waals surface area contributed by atoms with Crippen LogP contribution in [0.15, 0.2) is 41.8 Å². The summed E-state index contributed by atoms with van der Waals surface area (Å²) in [6, 6.07) is 11.2. The third-order valence-electron chi connectivity index (χ3n) is 6.98. The topological polar surface area (TPSA) is 88.8 Å². The van der Waals surface area contributed by atoms with Gasteiger partial charge >= 0.3 is 5.97 Å². The number of aliphatic hydroxyl groups is 1. The molecule has 0 aliphatic heterocycles. The van der Waals surface area contributed by atoms with Crippen molar-refractivity contribution in [3.63, 3.8) is 0 Å². The molecule has 1 amide bonds. The third-order valence-corrected chi connectivity index (χ3v) is 7.83. The first-order valence-corrected chi connectivity index (χ1v) is 13.0. The number of esters is 1. The van der Waals surface area contributed by atoms with Crippen molar-refractivity contribution in [2.24, 2.45) is 11.8 Å². The number of aliphatic hydroxyl groups excluding tert-OH is 1. The predicted molar refractivity (Wildman–Crippen MR) is 137 cm³/mol. The molecule has 0 atom stereocenters. The number of aromatic nitrogens is 1. The Balaban J connectivity index is 1.51. The SMILES string of the molecule is CCN(C(=O)Cn1c(C(=O)CC2CCC(C(=O)OC)CC2)cc2sccc21)c1cccc(CO)c1. The summed E-state index contributed by atoms with van der Waals surface area (Å²) in [7, 11) is 1.42. The Labute approximate surface area is 209 Å². The molecule has 2 heterocycles. The number of nitrogens with zero attached hydrogens (tertiary/aromatic N) is 2. The number of likely N-dealkylation sites (N-methyl/N-ethyl adjacent to an activating group) is 1. The van der Waals surface area contributed by atoms with Gasteiger partial charge in [0.2, 0.25) is 5.91 Å². The number of ether oxygens (including phenoxy) is 1. The second-order valence-corrected chi connectivity index (χ2v) is 10.1. The third kappa shape index (κ3) is 5.49. The number of thiophene rings is 1. The molecule has 0 saturated heterocycles. The van der Waals surface area contributed by atoms with Gasteiger partial charge in [0.1, 0.15) is 6.54 Å². The maximum Gasteiger partial charge on any atom is 0.308 e. The van der Waals surface area contributed by atoms with Crippen molar-refractivity contribution in [3.05, 3.63) is 53.0 Å². The van der Waals surface area contributed by atoms with Crippen LogP contribution in [0.1, 0.15) is 55.1 Å². The Hall–Kier alpha value is -2.97. The standard InChI is InChI=1S/C27H32N2O5S/c1-3-28(21-6-4-5-19(13-21)17-30)26(32)16-29-22-11-12-35-25(22)15-23(29)24(31)14-18-7-9-20(10-8-18)27(33)34-2/h4-6,11-13,15,18,20,30H,3,7-10,14,16-17H2,1-2H3. The number of rotatable bonds is 9. The van der Waals surface area contributed by atoms with Gasteiger partial charge in [-0.1, -0.05) is 12.1 Å². The second kappa shape index (κ2) is 11.2. The van der Waals surface area contributed by atoms with Gasteiger partial charge < -0.3 is 19.3 Å². The zero-order valence-electron chi connectivity index (χ0n) is 20.2. The molecule has 8 heteroatoms. The van der Waals surface area contributed by atoms with E-state index in [1.54, 1.807) is 16.2 Å². The quantitative estimate of drug-likeness (QED) is 0.340. The number of fused-ring (bicyclic) bond motifs is 1. The molecule has 1 aliphatic carbocycles. The van der Waals surface area contributed by atoms with Crippen LogP contribution >= 0.6 is 11.3 Å². The van der Waals surface area contributed by atoms with Gasteiger partial charge in [-0.2, -0.15) is 0 Å². The van der Waals surface area contributed by atoms with Gasteiger partial charge in [0.25, 0.3) is 0 Å². The highest BCUT2D eigenvalue weighted by Gasteiger charge is 2.29. The number of ketones is 1. The molecule has 3 aromatic rings. The Kier molecular flexibility index (Phi) is 8.03. The predicted octanol–water partition coefficient (Wildman–Crippen LogP) is 4.80. The molecule has 35 heavy (non-hydrogen) atoms. The Morgan fingerprint density at radius 3 is 2.60 bits per heavy atom. The van der Waals surface area contributed by atoms with E-state index < -0.39 is 0 Å². The summed E-state index contributed by atoms with van der Waals surface area (Å²) in [4.78, 5) is 40.3. The number of anilines is 1. The van der Waals surface area contributed by atoms with Gasteiger partial charge in [0.05, 0.1) is 35.5 Å². The number of benzene rings is 1. The highest BCUT2D eigenvalue weighted by molar-refractivity contribution is 7.17. The lowest BCUT2D eigenvalue weighted by atomic mass is 9.79. The summed E-state index contributed by atoms with van der Waals surface area (Å²) >= 11 is 1.56. The largest absolute Gasteiger partial charge is 0.469 e. The fourth-order valence-electron chi connectivity index (χ4n) is 5.06. The van der Waals surface area contributed by atoms with Gasteiger partial charge in [-0.3, -0.25) is 14.4 Å². The molecule has 1 saturated carbocycles. The smallest absolute Gasteiger partial charge is 0.308 e. The van der Waals surface area contributed by atoms with E-state index >= 15 is 0 Å². The molecule has 1 aromatic carbocycles. The van der Waals surface area contributed by atoms with E-state index in [9.17, 15) is 19.5 Å². The van der Waals surface area contributed by atoms with E-state index in [2.05, 4.69) is 0 Å². The summed E-state index contributed by atoms with van der Waals surface area (Å²) in [5, 5.41) is 11.4. The van der Waals surface area contributed by atoms with Gasteiger partial charge in [-0.15, -0.1) is 11.3 Å². The van der Waals surface area contributed by atoms with Crippen molar-refractivity contribution in [1.82, 2.24) is 4.57 Å². The van der Waals surface area contributed by atoms with Crippen molar-refractivity contribution in [3.8, 4) is 0 Å². The van der Waals surface area contributed by atoms with Crippen LogP contribution in [0.2, 0.25) is 0 Å². The van der Waals surface area contributed by atoms with E-state index in [1.807, 2.05) is 53.3 Å². The first kappa shape index (κ1) is 25.1. The molecule has 1 N–H and O–H groups in total. The number of carbonyl (C=O) groups excluding carboxylic acids is 3. The van der Waals surface area contributed by atoms with E-state index in [1.165, 1.54) is 7.11 Å². The molecule has 186 valence electrons. The van der Waals surface area contributed by atoms with Crippen LogP contribution in [0.25, 0.3) is 10.2 Å². The molecule has 0 bridgehead atoms. The van der Waals surface area contributed by atoms with Crippen molar-refractivity contribution >= 4 is 44.9 Å². The molecular formula is C27H32N2O5S. The Bertz CT molecular complexity index is 1210. The number of methoxy groups -OCH3 is 1. The number of hydrogen-bond donors (Lipinski definition) is 1. The van der Waals surface area contributed by atoms with Gasteiger partial charge in [-0.25, -0.2) is 0 Å². The van der Waals surface area contributed by atoms with E-state index in [0.717, 1.165) is 47.2 Å². The summed E-state index contributed by atoms with van der Waals surface area (Å²) in [6.07, 6.45) is 3.55. The zero-order chi connectivity index (χ0) is 24.9. The Morgan fingerprint density at radius 2 is 1.91 bits per heavy atom. The van der Waals surface area contributed by atoms with Crippen LogP contribution in [-0.2, 0) is 27.5 Å². The normalized spacial score (nSPS) is 17.9. The summed E-state index contributed by atoms with van der Waals surface area (Å²) in [5.74, 6) is -0.0734. The molecule has 4 rings (SSSR count). The van der Waals surface area contributed by atoms with Crippen LogP contribution in [-0.4, -0.2) is 41.0 Å². The minimum Gasteiger partial charge on any atom is -0.469 e. The lowest BCUT2D eigenvalue weighted by Crippen LogP contribution is -2.34. The molecule has 1 aliphatic rings. The number of amides is 1. The zero-order valence-corrected chi connectivity index (χ0v) is 21.1.